The molecule has 0 radical (unpaired) electrons. The molecule has 4 nitrogen and oxygen atoms in total. The first-order valence-electron chi connectivity index (χ1n) is 6.93. The number of halogens is 5. The summed E-state index contributed by atoms with van der Waals surface area (Å²) in [5.74, 6) is -13.7. The van der Waals surface area contributed by atoms with Crippen molar-refractivity contribution in [2.75, 3.05) is 14.2 Å². The molecule has 0 aliphatic carbocycles. The number of carbonyl (C=O) groups is 1. The Morgan fingerprint density at radius 2 is 1.42 bits per heavy atom. The zero-order valence-corrected chi connectivity index (χ0v) is 13.4. The SMILES string of the molecule is COC=C(C(=O)OC)c1ccccc1Oc1c(F)c(F)c(F)c(F)c1F. The average molecular weight is 374 g/mol. The van der Waals surface area contributed by atoms with Crippen LogP contribution in [0.2, 0.25) is 0 Å². The first-order valence-corrected chi connectivity index (χ1v) is 6.93. The quantitative estimate of drug-likeness (QED) is 0.195. The lowest BCUT2D eigenvalue weighted by Gasteiger charge is -2.14. The average Bonchev–Trinajstić information content (AvgIpc) is 2.66. The van der Waals surface area contributed by atoms with Crippen molar-refractivity contribution in [2.45, 2.75) is 0 Å². The maximum Gasteiger partial charge on any atom is 0.341 e. The third-order valence-corrected chi connectivity index (χ3v) is 3.20. The summed E-state index contributed by atoms with van der Waals surface area (Å²) >= 11 is 0. The van der Waals surface area contributed by atoms with Crippen LogP contribution in [-0.2, 0) is 14.3 Å². The fourth-order valence-electron chi connectivity index (χ4n) is 2.01. The molecule has 0 amide bonds. The lowest BCUT2D eigenvalue weighted by Crippen LogP contribution is -2.08. The van der Waals surface area contributed by atoms with Crippen molar-refractivity contribution >= 4 is 11.5 Å². The molecular formula is C17H11F5O4. The summed E-state index contributed by atoms with van der Waals surface area (Å²) in [6.07, 6.45) is 0.979. The first-order chi connectivity index (χ1) is 12.3. The van der Waals surface area contributed by atoms with Gasteiger partial charge in [-0.3, -0.25) is 0 Å². The number of esters is 1. The van der Waals surface area contributed by atoms with Crippen LogP contribution in [0.5, 0.6) is 11.5 Å². The zero-order valence-electron chi connectivity index (χ0n) is 13.4. The van der Waals surface area contributed by atoms with Gasteiger partial charge in [-0.05, 0) is 6.07 Å². The largest absolute Gasteiger partial charge is 0.503 e. The van der Waals surface area contributed by atoms with Crippen molar-refractivity contribution < 1.29 is 41.0 Å². The molecule has 2 aromatic rings. The van der Waals surface area contributed by atoms with Gasteiger partial charge in [-0.15, -0.1) is 0 Å². The second kappa shape index (κ2) is 7.85. The highest BCUT2D eigenvalue weighted by molar-refractivity contribution is 6.17. The van der Waals surface area contributed by atoms with Crippen LogP contribution in [0.25, 0.3) is 5.57 Å². The van der Waals surface area contributed by atoms with Crippen LogP contribution in [0.1, 0.15) is 5.56 Å². The maximum atomic E-state index is 13.8. The Hall–Kier alpha value is -3.10. The van der Waals surface area contributed by atoms with E-state index in [0.717, 1.165) is 13.4 Å². The summed E-state index contributed by atoms with van der Waals surface area (Å²) in [5, 5.41) is 0. The number of benzene rings is 2. The minimum Gasteiger partial charge on any atom is -0.503 e. The minimum atomic E-state index is -2.31. The highest BCUT2D eigenvalue weighted by Crippen LogP contribution is 2.36. The highest BCUT2D eigenvalue weighted by Gasteiger charge is 2.28. The van der Waals surface area contributed by atoms with Crippen molar-refractivity contribution in [3.63, 3.8) is 0 Å². The number of hydrogen-bond acceptors (Lipinski definition) is 4. The minimum absolute atomic E-state index is 0.0508. The Bertz CT molecular complexity index is 851. The van der Waals surface area contributed by atoms with E-state index >= 15 is 0 Å². The van der Waals surface area contributed by atoms with Gasteiger partial charge in [-0.1, -0.05) is 18.2 Å². The van der Waals surface area contributed by atoms with Crippen molar-refractivity contribution in [3.8, 4) is 11.5 Å². The van der Waals surface area contributed by atoms with E-state index in [1.807, 2.05) is 0 Å². The molecule has 0 atom stereocenters. The van der Waals surface area contributed by atoms with E-state index in [1.165, 1.54) is 31.4 Å². The van der Waals surface area contributed by atoms with Gasteiger partial charge >= 0.3 is 5.97 Å². The lowest BCUT2D eigenvalue weighted by atomic mass is 10.1. The van der Waals surface area contributed by atoms with Crippen LogP contribution < -0.4 is 4.74 Å². The summed E-state index contributed by atoms with van der Waals surface area (Å²) in [4.78, 5) is 11.8. The number of carbonyl (C=O) groups excluding carboxylic acids is 1. The normalized spacial score (nSPS) is 11.3. The molecule has 0 spiro atoms. The Labute approximate surface area is 144 Å². The molecule has 0 fully saturated rings. The van der Waals surface area contributed by atoms with E-state index in [0.29, 0.717) is 0 Å². The van der Waals surface area contributed by atoms with Crippen LogP contribution in [0.15, 0.2) is 30.5 Å². The van der Waals surface area contributed by atoms with Gasteiger partial charge in [0.05, 0.1) is 20.5 Å². The number of methoxy groups -OCH3 is 2. The summed E-state index contributed by atoms with van der Waals surface area (Å²) < 4.78 is 81.6. The van der Waals surface area contributed by atoms with E-state index in [4.69, 9.17) is 9.47 Å². The molecular weight excluding hydrogens is 363 g/mol. The molecule has 0 unspecified atom stereocenters. The predicted octanol–water partition coefficient (Wildman–Crippen LogP) is 4.33. The molecule has 0 saturated carbocycles. The highest BCUT2D eigenvalue weighted by atomic mass is 19.2. The number of ether oxygens (including phenoxy) is 3. The molecule has 0 heterocycles. The van der Waals surface area contributed by atoms with Gasteiger partial charge < -0.3 is 14.2 Å². The molecule has 0 aliphatic heterocycles. The van der Waals surface area contributed by atoms with Crippen molar-refractivity contribution in [1.29, 1.82) is 0 Å². The van der Waals surface area contributed by atoms with E-state index in [-0.39, 0.29) is 16.9 Å². The van der Waals surface area contributed by atoms with Crippen LogP contribution in [0.3, 0.4) is 0 Å². The fourth-order valence-corrected chi connectivity index (χ4v) is 2.01. The van der Waals surface area contributed by atoms with Gasteiger partial charge in [0.2, 0.25) is 34.8 Å². The monoisotopic (exact) mass is 374 g/mol. The van der Waals surface area contributed by atoms with Gasteiger partial charge in [0.25, 0.3) is 0 Å². The van der Waals surface area contributed by atoms with Crippen molar-refractivity contribution in [3.05, 3.63) is 65.2 Å². The number of hydrogen-bond donors (Lipinski definition) is 0. The van der Waals surface area contributed by atoms with E-state index in [2.05, 4.69) is 4.74 Å². The van der Waals surface area contributed by atoms with E-state index in [9.17, 15) is 26.7 Å². The fraction of sp³-hybridized carbons (Fsp3) is 0.118. The van der Waals surface area contributed by atoms with Crippen molar-refractivity contribution in [2.24, 2.45) is 0 Å². The standard InChI is InChI=1S/C17H11F5O4/c1-24-7-9(17(23)25-2)8-5-3-4-6-10(8)26-16-14(21)12(19)11(18)13(20)15(16)22/h3-7H,1-2H3. The first kappa shape index (κ1) is 19.2. The lowest BCUT2D eigenvalue weighted by molar-refractivity contribution is -0.133. The Kier molecular flexibility index (Phi) is 5.81. The molecule has 0 saturated heterocycles. The zero-order chi connectivity index (χ0) is 19.4. The molecule has 26 heavy (non-hydrogen) atoms. The van der Waals surface area contributed by atoms with Crippen LogP contribution in [0, 0.1) is 29.1 Å². The smallest absolute Gasteiger partial charge is 0.341 e. The molecule has 138 valence electrons. The third kappa shape index (κ3) is 3.46. The third-order valence-electron chi connectivity index (χ3n) is 3.20. The molecule has 9 heteroatoms. The summed E-state index contributed by atoms with van der Waals surface area (Å²) in [6.45, 7) is 0. The van der Waals surface area contributed by atoms with Crippen LogP contribution >= 0.6 is 0 Å². The molecule has 2 aromatic carbocycles. The van der Waals surface area contributed by atoms with Crippen molar-refractivity contribution in [1.82, 2.24) is 0 Å². The molecule has 0 N–H and O–H groups in total. The molecule has 0 aromatic heterocycles. The molecule has 2 rings (SSSR count). The predicted molar refractivity (Wildman–Crippen MR) is 79.8 cm³/mol. The second-order valence-corrected chi connectivity index (χ2v) is 4.76. The summed E-state index contributed by atoms with van der Waals surface area (Å²) in [5.41, 5.74) is -0.250. The second-order valence-electron chi connectivity index (χ2n) is 4.76. The number of para-hydroxylation sites is 1. The van der Waals surface area contributed by atoms with E-state index < -0.39 is 40.8 Å². The van der Waals surface area contributed by atoms with E-state index in [1.54, 1.807) is 0 Å². The van der Waals surface area contributed by atoms with Gasteiger partial charge in [-0.25, -0.2) is 18.0 Å². The number of rotatable bonds is 5. The van der Waals surface area contributed by atoms with Gasteiger partial charge in [-0.2, -0.15) is 8.78 Å². The van der Waals surface area contributed by atoms with Gasteiger partial charge in [0, 0.05) is 5.56 Å². The molecule has 0 bridgehead atoms. The Balaban J connectivity index is 2.61. The topological polar surface area (TPSA) is 44.8 Å². The Morgan fingerprint density at radius 1 is 0.885 bits per heavy atom. The molecule has 0 aliphatic rings. The Morgan fingerprint density at radius 3 is 1.96 bits per heavy atom. The maximum absolute atomic E-state index is 13.8. The van der Waals surface area contributed by atoms with Gasteiger partial charge in [0.1, 0.15) is 11.3 Å². The van der Waals surface area contributed by atoms with Gasteiger partial charge in [0.15, 0.2) is 0 Å². The summed E-state index contributed by atoms with van der Waals surface area (Å²) in [7, 11) is 2.32. The summed E-state index contributed by atoms with van der Waals surface area (Å²) in [6, 6.07) is 5.29. The van der Waals surface area contributed by atoms with Crippen LogP contribution in [0.4, 0.5) is 22.0 Å². The van der Waals surface area contributed by atoms with Crippen LogP contribution in [-0.4, -0.2) is 20.2 Å².